The summed E-state index contributed by atoms with van der Waals surface area (Å²) in [7, 11) is 3.44. The van der Waals surface area contributed by atoms with E-state index in [1.807, 2.05) is 37.1 Å². The molecule has 0 radical (unpaired) electrons. The van der Waals surface area contributed by atoms with Crippen LogP contribution in [0, 0.1) is 12.7 Å². The standard InChI is InChI=1S/C15H17FN2O/c1-10-7-8-14(19-3)13(9-10)18(2)12-6-4-5-11(16)15(12)17/h4-9H,17H2,1-3H3. The Kier molecular flexibility index (Phi) is 3.60. The van der Waals surface area contributed by atoms with Crippen LogP contribution in [0.15, 0.2) is 36.4 Å². The summed E-state index contributed by atoms with van der Waals surface area (Å²) in [5, 5.41) is 0. The molecule has 0 unspecified atom stereocenters. The van der Waals surface area contributed by atoms with Gasteiger partial charge in [0.1, 0.15) is 11.6 Å². The highest BCUT2D eigenvalue weighted by molar-refractivity contribution is 5.77. The number of ether oxygens (including phenoxy) is 1. The first-order chi connectivity index (χ1) is 9.04. The van der Waals surface area contributed by atoms with Crippen LogP contribution in [0.3, 0.4) is 0 Å². The Balaban J connectivity index is 2.52. The maximum Gasteiger partial charge on any atom is 0.148 e. The van der Waals surface area contributed by atoms with Gasteiger partial charge in [-0.1, -0.05) is 12.1 Å². The Morgan fingerprint density at radius 1 is 1.16 bits per heavy atom. The quantitative estimate of drug-likeness (QED) is 0.858. The van der Waals surface area contributed by atoms with Crippen molar-refractivity contribution in [1.82, 2.24) is 0 Å². The van der Waals surface area contributed by atoms with Crippen molar-refractivity contribution in [2.24, 2.45) is 0 Å². The fraction of sp³-hybridized carbons (Fsp3) is 0.200. The van der Waals surface area contributed by atoms with E-state index in [1.165, 1.54) is 6.07 Å². The van der Waals surface area contributed by atoms with Crippen LogP contribution in [0.25, 0.3) is 0 Å². The third kappa shape index (κ3) is 2.47. The fourth-order valence-corrected chi connectivity index (χ4v) is 2.01. The van der Waals surface area contributed by atoms with Gasteiger partial charge < -0.3 is 15.4 Å². The van der Waals surface area contributed by atoms with E-state index in [0.29, 0.717) is 5.69 Å². The number of benzene rings is 2. The Bertz CT molecular complexity index is 599. The summed E-state index contributed by atoms with van der Waals surface area (Å²) in [6, 6.07) is 10.6. The average molecular weight is 260 g/mol. The van der Waals surface area contributed by atoms with E-state index in [1.54, 1.807) is 19.2 Å². The van der Waals surface area contributed by atoms with Gasteiger partial charge in [-0.05, 0) is 36.8 Å². The van der Waals surface area contributed by atoms with Crippen LogP contribution in [0.5, 0.6) is 5.75 Å². The molecule has 0 atom stereocenters. The van der Waals surface area contributed by atoms with Crippen molar-refractivity contribution in [3.8, 4) is 5.75 Å². The minimum absolute atomic E-state index is 0.133. The molecule has 0 spiro atoms. The molecule has 0 aliphatic rings. The lowest BCUT2D eigenvalue weighted by atomic mass is 10.1. The number of nitrogen functional groups attached to an aromatic ring is 1. The number of hydrogen-bond donors (Lipinski definition) is 1. The molecule has 0 aromatic heterocycles. The number of aryl methyl sites for hydroxylation is 1. The van der Waals surface area contributed by atoms with Crippen molar-refractivity contribution in [1.29, 1.82) is 0 Å². The Morgan fingerprint density at radius 3 is 2.58 bits per heavy atom. The fourth-order valence-electron chi connectivity index (χ4n) is 2.01. The van der Waals surface area contributed by atoms with Crippen LogP contribution >= 0.6 is 0 Å². The maximum absolute atomic E-state index is 13.5. The highest BCUT2D eigenvalue weighted by Gasteiger charge is 2.14. The topological polar surface area (TPSA) is 38.5 Å². The summed E-state index contributed by atoms with van der Waals surface area (Å²) in [6.07, 6.45) is 0. The molecule has 0 saturated heterocycles. The Hall–Kier alpha value is -2.23. The Labute approximate surface area is 112 Å². The zero-order chi connectivity index (χ0) is 14.0. The largest absolute Gasteiger partial charge is 0.495 e. The molecule has 100 valence electrons. The zero-order valence-corrected chi connectivity index (χ0v) is 11.3. The van der Waals surface area contributed by atoms with Gasteiger partial charge in [0.05, 0.1) is 24.2 Å². The lowest BCUT2D eigenvalue weighted by molar-refractivity contribution is 0.415. The van der Waals surface area contributed by atoms with E-state index < -0.39 is 5.82 Å². The van der Waals surface area contributed by atoms with E-state index >= 15 is 0 Å². The molecule has 4 heteroatoms. The third-order valence-corrected chi connectivity index (χ3v) is 3.09. The number of hydrogen-bond acceptors (Lipinski definition) is 3. The molecule has 0 amide bonds. The van der Waals surface area contributed by atoms with Crippen LogP contribution in [0.1, 0.15) is 5.56 Å². The molecule has 2 aromatic rings. The second-order valence-electron chi connectivity index (χ2n) is 4.41. The zero-order valence-electron chi connectivity index (χ0n) is 11.3. The van der Waals surface area contributed by atoms with Crippen LogP contribution in [0.2, 0.25) is 0 Å². The van der Waals surface area contributed by atoms with Crippen LogP contribution in [-0.2, 0) is 0 Å². The molecule has 0 bridgehead atoms. The van der Waals surface area contributed by atoms with Crippen molar-refractivity contribution in [2.45, 2.75) is 6.92 Å². The van der Waals surface area contributed by atoms with Crippen molar-refractivity contribution < 1.29 is 9.13 Å². The van der Waals surface area contributed by atoms with Gasteiger partial charge in [-0.3, -0.25) is 0 Å². The van der Waals surface area contributed by atoms with Gasteiger partial charge in [0.2, 0.25) is 0 Å². The predicted octanol–water partition coefficient (Wildman–Crippen LogP) is 3.49. The van der Waals surface area contributed by atoms with Crippen molar-refractivity contribution in [3.05, 3.63) is 47.8 Å². The van der Waals surface area contributed by atoms with Gasteiger partial charge >= 0.3 is 0 Å². The lowest BCUT2D eigenvalue weighted by Crippen LogP contribution is -2.13. The smallest absolute Gasteiger partial charge is 0.148 e. The Morgan fingerprint density at radius 2 is 1.89 bits per heavy atom. The van der Waals surface area contributed by atoms with Gasteiger partial charge in [-0.2, -0.15) is 0 Å². The number of nitrogens with two attached hydrogens (primary N) is 1. The number of halogens is 1. The maximum atomic E-state index is 13.5. The third-order valence-electron chi connectivity index (χ3n) is 3.09. The summed E-state index contributed by atoms with van der Waals surface area (Å²) in [6.45, 7) is 1.99. The molecule has 2 N–H and O–H groups in total. The monoisotopic (exact) mass is 260 g/mol. The molecular formula is C15H17FN2O. The molecule has 2 rings (SSSR count). The first kappa shape index (κ1) is 13.2. The van der Waals surface area contributed by atoms with Gasteiger partial charge in [-0.25, -0.2) is 4.39 Å². The first-order valence-electron chi connectivity index (χ1n) is 5.97. The normalized spacial score (nSPS) is 10.3. The predicted molar refractivity (Wildman–Crippen MR) is 76.6 cm³/mol. The summed E-state index contributed by atoms with van der Waals surface area (Å²) in [5.74, 6) is 0.299. The van der Waals surface area contributed by atoms with Gasteiger partial charge in [0.25, 0.3) is 0 Å². The highest BCUT2D eigenvalue weighted by atomic mass is 19.1. The number of para-hydroxylation sites is 1. The molecule has 0 aliphatic carbocycles. The molecule has 0 saturated carbocycles. The summed E-state index contributed by atoms with van der Waals surface area (Å²) >= 11 is 0. The minimum atomic E-state index is -0.420. The van der Waals surface area contributed by atoms with E-state index in [2.05, 4.69) is 0 Å². The molecule has 19 heavy (non-hydrogen) atoms. The lowest BCUT2D eigenvalue weighted by Gasteiger charge is -2.23. The first-order valence-corrected chi connectivity index (χ1v) is 5.97. The number of methoxy groups -OCH3 is 1. The second-order valence-corrected chi connectivity index (χ2v) is 4.41. The van der Waals surface area contributed by atoms with Crippen molar-refractivity contribution in [2.75, 3.05) is 24.8 Å². The molecule has 0 fully saturated rings. The van der Waals surface area contributed by atoms with E-state index in [-0.39, 0.29) is 5.69 Å². The minimum Gasteiger partial charge on any atom is -0.495 e. The number of rotatable bonds is 3. The van der Waals surface area contributed by atoms with Crippen molar-refractivity contribution in [3.63, 3.8) is 0 Å². The summed E-state index contributed by atoms with van der Waals surface area (Å²) in [4.78, 5) is 1.82. The van der Waals surface area contributed by atoms with Gasteiger partial charge in [0, 0.05) is 7.05 Å². The summed E-state index contributed by atoms with van der Waals surface area (Å²) < 4.78 is 18.9. The SMILES string of the molecule is COc1ccc(C)cc1N(C)c1cccc(F)c1N. The molecule has 0 aliphatic heterocycles. The number of anilines is 3. The molecule has 3 nitrogen and oxygen atoms in total. The van der Waals surface area contributed by atoms with E-state index in [9.17, 15) is 4.39 Å². The molecule has 0 heterocycles. The number of nitrogens with zero attached hydrogens (tertiary/aromatic N) is 1. The van der Waals surface area contributed by atoms with Crippen molar-refractivity contribution >= 4 is 17.1 Å². The van der Waals surface area contributed by atoms with Crippen LogP contribution in [0.4, 0.5) is 21.5 Å². The van der Waals surface area contributed by atoms with E-state index in [4.69, 9.17) is 10.5 Å². The molecular weight excluding hydrogens is 243 g/mol. The summed E-state index contributed by atoms with van der Waals surface area (Å²) in [5.41, 5.74) is 8.48. The van der Waals surface area contributed by atoms with Gasteiger partial charge in [0.15, 0.2) is 0 Å². The average Bonchev–Trinajstić information content (AvgIpc) is 2.41. The molecule has 2 aromatic carbocycles. The second kappa shape index (κ2) is 5.18. The highest BCUT2D eigenvalue weighted by Crippen LogP contribution is 2.36. The van der Waals surface area contributed by atoms with Crippen LogP contribution < -0.4 is 15.4 Å². The van der Waals surface area contributed by atoms with E-state index in [0.717, 1.165) is 17.0 Å². The van der Waals surface area contributed by atoms with Gasteiger partial charge in [-0.15, -0.1) is 0 Å². The van der Waals surface area contributed by atoms with Crippen LogP contribution in [-0.4, -0.2) is 14.2 Å².